The maximum Gasteiger partial charge on any atom is 0.280 e. The zero-order valence-corrected chi connectivity index (χ0v) is 18.7. The number of carbonyl (C=O) groups is 1. The molecule has 2 aromatic heterocycles. The largest absolute Gasteiger partial charge is 0.497 e. The van der Waals surface area contributed by atoms with Gasteiger partial charge in [-0.1, -0.05) is 30.3 Å². The van der Waals surface area contributed by atoms with Gasteiger partial charge in [-0.15, -0.1) is 0 Å². The van der Waals surface area contributed by atoms with Crippen molar-refractivity contribution in [3.63, 3.8) is 0 Å². The molecule has 0 saturated carbocycles. The van der Waals surface area contributed by atoms with Crippen molar-refractivity contribution in [3.05, 3.63) is 100 Å². The number of methoxy groups -OCH3 is 1. The third-order valence-corrected chi connectivity index (χ3v) is 5.89. The SMILES string of the molecule is COc1ccc(-n2[nH]c3c(cnc4ccc(C(=O)NCCCc5ccccc5)cc43)c2=O)cc1. The molecule has 1 amide bonds. The number of aryl methyl sites for hydroxylation is 1. The predicted molar refractivity (Wildman–Crippen MR) is 133 cm³/mol. The lowest BCUT2D eigenvalue weighted by Gasteiger charge is -2.07. The first-order valence-electron chi connectivity index (χ1n) is 11.1. The number of rotatable bonds is 7. The molecule has 0 aliphatic carbocycles. The van der Waals surface area contributed by atoms with Gasteiger partial charge in [0.15, 0.2) is 0 Å². The van der Waals surface area contributed by atoms with Gasteiger partial charge in [0.25, 0.3) is 11.5 Å². The van der Waals surface area contributed by atoms with Crippen LogP contribution in [0.4, 0.5) is 0 Å². The molecule has 7 heteroatoms. The summed E-state index contributed by atoms with van der Waals surface area (Å²) < 4.78 is 6.67. The van der Waals surface area contributed by atoms with Crippen LogP contribution in [0.15, 0.2) is 83.8 Å². The van der Waals surface area contributed by atoms with Crippen molar-refractivity contribution in [3.8, 4) is 11.4 Å². The van der Waals surface area contributed by atoms with Crippen molar-refractivity contribution in [2.45, 2.75) is 12.8 Å². The van der Waals surface area contributed by atoms with E-state index in [9.17, 15) is 9.59 Å². The third-order valence-electron chi connectivity index (χ3n) is 5.89. The number of carbonyl (C=O) groups excluding carboxylic acids is 1. The summed E-state index contributed by atoms with van der Waals surface area (Å²) in [5.41, 5.74) is 3.61. The summed E-state index contributed by atoms with van der Waals surface area (Å²) in [7, 11) is 1.60. The lowest BCUT2D eigenvalue weighted by Crippen LogP contribution is -2.24. The summed E-state index contributed by atoms with van der Waals surface area (Å²) in [6, 6.07) is 22.7. The number of benzene rings is 3. The van der Waals surface area contributed by atoms with Gasteiger partial charge in [-0.2, -0.15) is 0 Å². The average molecular weight is 453 g/mol. The number of aromatic nitrogens is 3. The monoisotopic (exact) mass is 452 g/mol. The maximum atomic E-state index is 13.0. The number of ether oxygens (including phenoxy) is 1. The van der Waals surface area contributed by atoms with Crippen LogP contribution in [0.1, 0.15) is 22.3 Å². The molecule has 0 atom stereocenters. The topological polar surface area (TPSA) is 89.0 Å². The second kappa shape index (κ2) is 9.23. The molecule has 0 aliphatic heterocycles. The Morgan fingerprint density at radius 3 is 2.59 bits per heavy atom. The molecule has 0 aliphatic rings. The Hall–Kier alpha value is -4.39. The molecule has 0 unspecified atom stereocenters. The summed E-state index contributed by atoms with van der Waals surface area (Å²) in [5, 5.41) is 7.36. The van der Waals surface area contributed by atoms with Gasteiger partial charge in [-0.3, -0.25) is 19.7 Å². The van der Waals surface area contributed by atoms with Gasteiger partial charge in [0.1, 0.15) is 5.75 Å². The van der Waals surface area contributed by atoms with Gasteiger partial charge in [0, 0.05) is 23.7 Å². The molecule has 0 radical (unpaired) electrons. The van der Waals surface area contributed by atoms with E-state index in [1.165, 1.54) is 10.2 Å². The molecule has 170 valence electrons. The van der Waals surface area contributed by atoms with Crippen molar-refractivity contribution >= 4 is 27.7 Å². The molecule has 3 aromatic carbocycles. The number of hydrogen-bond donors (Lipinski definition) is 2. The van der Waals surface area contributed by atoms with Crippen molar-refractivity contribution in [2.75, 3.05) is 13.7 Å². The summed E-state index contributed by atoms with van der Waals surface area (Å²) in [6.07, 6.45) is 3.33. The van der Waals surface area contributed by atoms with Crippen LogP contribution in [-0.2, 0) is 6.42 Å². The number of nitrogens with zero attached hydrogens (tertiary/aromatic N) is 2. The fraction of sp³-hybridized carbons (Fsp3) is 0.148. The van der Waals surface area contributed by atoms with E-state index < -0.39 is 0 Å². The van der Waals surface area contributed by atoms with Crippen LogP contribution in [0.2, 0.25) is 0 Å². The summed E-state index contributed by atoms with van der Waals surface area (Å²) >= 11 is 0. The Balaban J connectivity index is 1.40. The Morgan fingerprint density at radius 1 is 1.03 bits per heavy atom. The Labute approximate surface area is 196 Å². The van der Waals surface area contributed by atoms with E-state index >= 15 is 0 Å². The highest BCUT2D eigenvalue weighted by Crippen LogP contribution is 2.23. The van der Waals surface area contributed by atoms with Crippen LogP contribution < -0.4 is 15.6 Å². The number of amides is 1. The van der Waals surface area contributed by atoms with E-state index in [4.69, 9.17) is 4.74 Å². The highest BCUT2D eigenvalue weighted by atomic mass is 16.5. The van der Waals surface area contributed by atoms with Crippen LogP contribution in [0.3, 0.4) is 0 Å². The van der Waals surface area contributed by atoms with Gasteiger partial charge in [0.2, 0.25) is 0 Å². The number of aromatic amines is 1. The normalized spacial score (nSPS) is 11.1. The minimum atomic E-state index is -0.203. The van der Waals surface area contributed by atoms with Crippen LogP contribution in [0, 0.1) is 0 Å². The quantitative estimate of drug-likeness (QED) is 0.362. The average Bonchev–Trinajstić information content (AvgIpc) is 3.23. The number of fused-ring (bicyclic) bond motifs is 3. The van der Waals surface area contributed by atoms with E-state index in [2.05, 4.69) is 27.5 Å². The van der Waals surface area contributed by atoms with E-state index in [1.807, 2.05) is 18.2 Å². The molecule has 2 heterocycles. The minimum Gasteiger partial charge on any atom is -0.497 e. The Kier molecular flexibility index (Phi) is 5.82. The molecule has 0 saturated heterocycles. The molecule has 0 bridgehead atoms. The molecule has 0 fully saturated rings. The van der Waals surface area contributed by atoms with Crippen LogP contribution in [0.25, 0.3) is 27.5 Å². The van der Waals surface area contributed by atoms with E-state index in [1.54, 1.807) is 55.8 Å². The predicted octanol–water partition coefficient (Wildman–Crippen LogP) is 4.24. The second-order valence-corrected chi connectivity index (χ2v) is 8.07. The van der Waals surface area contributed by atoms with Crippen molar-refractivity contribution in [1.29, 1.82) is 0 Å². The number of H-pyrrole nitrogens is 1. The molecule has 34 heavy (non-hydrogen) atoms. The van der Waals surface area contributed by atoms with Gasteiger partial charge in [0.05, 0.1) is 29.2 Å². The maximum absolute atomic E-state index is 13.0. The zero-order valence-electron chi connectivity index (χ0n) is 18.7. The number of hydrogen-bond acceptors (Lipinski definition) is 4. The number of pyridine rings is 1. The zero-order chi connectivity index (χ0) is 23.5. The van der Waals surface area contributed by atoms with E-state index in [0.29, 0.717) is 40.0 Å². The lowest BCUT2D eigenvalue weighted by atomic mass is 10.1. The van der Waals surface area contributed by atoms with E-state index in [-0.39, 0.29) is 11.5 Å². The van der Waals surface area contributed by atoms with Crippen LogP contribution in [0.5, 0.6) is 5.75 Å². The lowest BCUT2D eigenvalue weighted by molar-refractivity contribution is 0.0953. The summed E-state index contributed by atoms with van der Waals surface area (Å²) in [5.74, 6) is 0.559. The van der Waals surface area contributed by atoms with Gasteiger partial charge in [-0.05, 0) is 60.9 Å². The van der Waals surface area contributed by atoms with Gasteiger partial charge < -0.3 is 10.1 Å². The van der Waals surface area contributed by atoms with Crippen molar-refractivity contribution in [2.24, 2.45) is 0 Å². The van der Waals surface area contributed by atoms with Gasteiger partial charge >= 0.3 is 0 Å². The molecule has 0 spiro atoms. The van der Waals surface area contributed by atoms with Crippen molar-refractivity contribution in [1.82, 2.24) is 20.1 Å². The van der Waals surface area contributed by atoms with Crippen LogP contribution in [-0.4, -0.2) is 34.3 Å². The summed E-state index contributed by atoms with van der Waals surface area (Å²) in [4.78, 5) is 30.2. The summed E-state index contributed by atoms with van der Waals surface area (Å²) in [6.45, 7) is 0.582. The van der Waals surface area contributed by atoms with Crippen LogP contribution >= 0.6 is 0 Å². The minimum absolute atomic E-state index is 0.149. The highest BCUT2D eigenvalue weighted by Gasteiger charge is 2.14. The third kappa shape index (κ3) is 4.15. The van der Waals surface area contributed by atoms with Crippen molar-refractivity contribution < 1.29 is 9.53 Å². The fourth-order valence-corrected chi connectivity index (χ4v) is 4.05. The second-order valence-electron chi connectivity index (χ2n) is 8.07. The fourth-order valence-electron chi connectivity index (χ4n) is 4.05. The number of nitrogens with one attached hydrogen (secondary N) is 2. The molecular formula is C27H24N4O3. The molecule has 2 N–H and O–H groups in total. The Bertz CT molecular complexity index is 1520. The first-order valence-corrected chi connectivity index (χ1v) is 11.1. The highest BCUT2D eigenvalue weighted by molar-refractivity contribution is 6.06. The first-order chi connectivity index (χ1) is 16.6. The first kappa shape index (κ1) is 21.5. The van der Waals surface area contributed by atoms with E-state index in [0.717, 1.165) is 18.2 Å². The molecule has 5 aromatic rings. The molecule has 5 rings (SSSR count). The Morgan fingerprint density at radius 2 is 1.82 bits per heavy atom. The smallest absolute Gasteiger partial charge is 0.280 e. The molecule has 7 nitrogen and oxygen atoms in total. The standard InChI is InChI=1S/C27H24N4O3/c1-34-21-12-10-20(11-13-21)31-27(33)23-17-29-24-14-9-19(16-22(24)25(23)30-31)26(32)28-15-5-8-18-6-3-2-4-7-18/h2-4,6-7,9-14,16-17,30H,5,8,15H2,1H3,(H,28,32). The van der Waals surface area contributed by atoms with Gasteiger partial charge in [-0.25, -0.2) is 4.68 Å². The molecular weight excluding hydrogens is 428 g/mol.